The molecule has 0 atom stereocenters. The fourth-order valence-corrected chi connectivity index (χ4v) is 1.81. The Morgan fingerprint density at radius 2 is 2.00 bits per heavy atom. The van der Waals surface area contributed by atoms with Crippen LogP contribution in [0.15, 0.2) is 36.7 Å². The number of nitrogen functional groups attached to an aromatic ring is 1. The molecule has 3 rings (SSSR count). The normalized spacial score (nSPS) is 10.6. The Hall–Kier alpha value is -2.96. The van der Waals surface area contributed by atoms with Gasteiger partial charge in [-0.05, 0) is 37.1 Å². The Kier molecular flexibility index (Phi) is 3.23. The van der Waals surface area contributed by atoms with E-state index >= 15 is 0 Å². The van der Waals surface area contributed by atoms with Crippen LogP contribution in [0.4, 0.5) is 5.95 Å². The number of aryl methyl sites for hydroxylation is 2. The molecule has 1 aromatic carbocycles. The summed E-state index contributed by atoms with van der Waals surface area (Å²) in [6, 6.07) is 7.82. The minimum atomic E-state index is 0.0795. The second-order valence-electron chi connectivity index (χ2n) is 4.60. The Morgan fingerprint density at radius 1 is 1.14 bits per heavy atom. The zero-order chi connectivity index (χ0) is 14.8. The van der Waals surface area contributed by atoms with E-state index in [0.29, 0.717) is 11.7 Å². The summed E-state index contributed by atoms with van der Waals surface area (Å²) >= 11 is 0. The van der Waals surface area contributed by atoms with Gasteiger partial charge in [-0.2, -0.15) is 20.1 Å². The summed E-state index contributed by atoms with van der Waals surface area (Å²) in [4.78, 5) is 12.3. The number of ether oxygens (including phenoxy) is 1. The average Bonchev–Trinajstić information content (AvgIpc) is 2.96. The summed E-state index contributed by atoms with van der Waals surface area (Å²) in [6.07, 6.45) is 3.35. The van der Waals surface area contributed by atoms with Crippen LogP contribution in [-0.4, -0.2) is 24.7 Å². The molecule has 7 heteroatoms. The van der Waals surface area contributed by atoms with Crippen molar-refractivity contribution in [3.8, 4) is 17.7 Å². The highest BCUT2D eigenvalue weighted by atomic mass is 16.5. The lowest BCUT2D eigenvalue weighted by molar-refractivity contribution is 0.435. The van der Waals surface area contributed by atoms with E-state index in [4.69, 9.17) is 10.5 Å². The highest BCUT2D eigenvalue weighted by Crippen LogP contribution is 2.24. The van der Waals surface area contributed by atoms with E-state index in [-0.39, 0.29) is 12.0 Å². The Bertz CT molecular complexity index is 769. The molecule has 2 N–H and O–H groups in total. The molecule has 0 radical (unpaired) electrons. The van der Waals surface area contributed by atoms with Crippen molar-refractivity contribution in [2.24, 2.45) is 0 Å². The molecule has 0 aliphatic heterocycles. The molecule has 3 aromatic rings. The Labute approximate surface area is 121 Å². The number of anilines is 1. The number of benzene rings is 1. The van der Waals surface area contributed by atoms with Crippen molar-refractivity contribution in [1.82, 2.24) is 24.7 Å². The number of nitrogens with zero attached hydrogens (tertiary/aromatic N) is 5. The molecular weight excluding hydrogens is 268 g/mol. The molecule has 7 nitrogen and oxygen atoms in total. The van der Waals surface area contributed by atoms with Crippen LogP contribution in [0.2, 0.25) is 0 Å². The van der Waals surface area contributed by atoms with Crippen LogP contribution in [-0.2, 0) is 0 Å². The molecule has 0 amide bonds. The van der Waals surface area contributed by atoms with Gasteiger partial charge >= 0.3 is 6.01 Å². The minimum absolute atomic E-state index is 0.0795. The lowest BCUT2D eigenvalue weighted by Gasteiger charge is -2.09. The van der Waals surface area contributed by atoms with Gasteiger partial charge in [-0.25, -0.2) is 4.68 Å². The van der Waals surface area contributed by atoms with Crippen molar-refractivity contribution >= 4 is 5.95 Å². The number of aromatic nitrogens is 5. The molecule has 0 unspecified atom stereocenters. The van der Waals surface area contributed by atoms with Gasteiger partial charge < -0.3 is 10.5 Å². The van der Waals surface area contributed by atoms with Crippen molar-refractivity contribution in [2.45, 2.75) is 13.8 Å². The lowest BCUT2D eigenvalue weighted by Crippen LogP contribution is -2.08. The van der Waals surface area contributed by atoms with Crippen LogP contribution in [0, 0.1) is 13.8 Å². The zero-order valence-corrected chi connectivity index (χ0v) is 11.7. The standard InChI is InChI=1S/C14H14N6O/c1-9-4-5-10(2)11(8-9)21-14-18-12(15)17-13(19-14)20-7-3-6-16-20/h3-8H,1-2H3,(H2,15,17,18,19). The monoisotopic (exact) mass is 282 g/mol. The summed E-state index contributed by atoms with van der Waals surface area (Å²) < 4.78 is 7.22. The zero-order valence-electron chi connectivity index (χ0n) is 11.7. The van der Waals surface area contributed by atoms with E-state index in [9.17, 15) is 0 Å². The van der Waals surface area contributed by atoms with Gasteiger partial charge in [0.15, 0.2) is 0 Å². The van der Waals surface area contributed by atoms with Crippen LogP contribution >= 0.6 is 0 Å². The highest BCUT2D eigenvalue weighted by molar-refractivity contribution is 5.38. The van der Waals surface area contributed by atoms with Gasteiger partial charge in [-0.15, -0.1) is 0 Å². The van der Waals surface area contributed by atoms with Gasteiger partial charge in [0.05, 0.1) is 0 Å². The van der Waals surface area contributed by atoms with Gasteiger partial charge in [0.25, 0.3) is 5.95 Å². The maximum atomic E-state index is 5.73. The second-order valence-corrected chi connectivity index (χ2v) is 4.60. The molecule has 0 saturated carbocycles. The molecule has 0 fully saturated rings. The first kappa shape index (κ1) is 13.0. The summed E-state index contributed by atoms with van der Waals surface area (Å²) in [5.74, 6) is 1.08. The second kappa shape index (κ2) is 5.20. The average molecular weight is 282 g/mol. The van der Waals surface area contributed by atoms with Crippen LogP contribution in [0.25, 0.3) is 5.95 Å². The third kappa shape index (κ3) is 2.81. The third-order valence-corrected chi connectivity index (χ3v) is 2.87. The summed E-state index contributed by atoms with van der Waals surface area (Å²) in [5.41, 5.74) is 7.78. The SMILES string of the molecule is Cc1ccc(C)c(Oc2nc(N)nc(-n3cccn3)n2)c1. The summed E-state index contributed by atoms with van der Waals surface area (Å²) in [7, 11) is 0. The van der Waals surface area contributed by atoms with E-state index in [1.54, 1.807) is 18.5 Å². The molecule has 0 saturated heterocycles. The van der Waals surface area contributed by atoms with Gasteiger partial charge in [-0.1, -0.05) is 12.1 Å². The highest BCUT2D eigenvalue weighted by Gasteiger charge is 2.10. The fourth-order valence-electron chi connectivity index (χ4n) is 1.81. The molecule has 21 heavy (non-hydrogen) atoms. The predicted octanol–water partition coefficient (Wildman–Crippen LogP) is 2.05. The molecular formula is C14H14N6O. The van der Waals surface area contributed by atoms with Crippen molar-refractivity contribution in [1.29, 1.82) is 0 Å². The number of rotatable bonds is 3. The minimum Gasteiger partial charge on any atom is -0.424 e. The molecule has 0 aliphatic rings. The number of hydrogen-bond donors (Lipinski definition) is 1. The number of hydrogen-bond acceptors (Lipinski definition) is 6. The topological polar surface area (TPSA) is 91.7 Å². The van der Waals surface area contributed by atoms with Crippen LogP contribution in [0.3, 0.4) is 0 Å². The lowest BCUT2D eigenvalue weighted by atomic mass is 10.1. The van der Waals surface area contributed by atoms with Crippen molar-refractivity contribution in [3.05, 3.63) is 47.8 Å². The third-order valence-electron chi connectivity index (χ3n) is 2.87. The fraction of sp³-hybridized carbons (Fsp3) is 0.143. The van der Waals surface area contributed by atoms with Gasteiger partial charge in [0, 0.05) is 12.4 Å². The smallest absolute Gasteiger partial charge is 0.328 e. The molecule has 106 valence electrons. The maximum Gasteiger partial charge on any atom is 0.328 e. The Balaban J connectivity index is 1.97. The van der Waals surface area contributed by atoms with Gasteiger partial charge in [0.1, 0.15) is 5.75 Å². The number of nitrogens with two attached hydrogens (primary N) is 1. The largest absolute Gasteiger partial charge is 0.424 e. The first-order valence-corrected chi connectivity index (χ1v) is 6.38. The molecule has 2 heterocycles. The van der Waals surface area contributed by atoms with Crippen LogP contribution in [0.1, 0.15) is 11.1 Å². The van der Waals surface area contributed by atoms with Crippen molar-refractivity contribution in [3.63, 3.8) is 0 Å². The van der Waals surface area contributed by atoms with Gasteiger partial charge in [0.2, 0.25) is 5.95 Å². The molecule has 2 aromatic heterocycles. The predicted molar refractivity (Wildman–Crippen MR) is 77.4 cm³/mol. The van der Waals surface area contributed by atoms with E-state index in [1.807, 2.05) is 32.0 Å². The van der Waals surface area contributed by atoms with Crippen molar-refractivity contribution < 1.29 is 4.74 Å². The Morgan fingerprint density at radius 3 is 2.76 bits per heavy atom. The first-order chi connectivity index (χ1) is 10.1. The molecule has 0 bridgehead atoms. The first-order valence-electron chi connectivity index (χ1n) is 6.38. The van der Waals surface area contributed by atoms with E-state index < -0.39 is 0 Å². The maximum absolute atomic E-state index is 5.73. The van der Waals surface area contributed by atoms with E-state index in [2.05, 4.69) is 20.1 Å². The molecule has 0 spiro atoms. The van der Waals surface area contributed by atoms with E-state index in [0.717, 1.165) is 11.1 Å². The van der Waals surface area contributed by atoms with Crippen LogP contribution in [0.5, 0.6) is 11.8 Å². The van der Waals surface area contributed by atoms with Gasteiger partial charge in [-0.3, -0.25) is 0 Å². The van der Waals surface area contributed by atoms with Crippen molar-refractivity contribution in [2.75, 3.05) is 5.73 Å². The van der Waals surface area contributed by atoms with Crippen LogP contribution < -0.4 is 10.5 Å². The summed E-state index contributed by atoms with van der Waals surface area (Å²) in [6.45, 7) is 3.94. The van der Waals surface area contributed by atoms with E-state index in [1.165, 1.54) is 4.68 Å². The quantitative estimate of drug-likeness (QED) is 0.790. The molecule has 0 aliphatic carbocycles. The summed E-state index contributed by atoms with van der Waals surface area (Å²) in [5, 5.41) is 4.06.